The summed E-state index contributed by atoms with van der Waals surface area (Å²) in [6.07, 6.45) is 6.27. The van der Waals surface area contributed by atoms with Gasteiger partial charge in [0.15, 0.2) is 0 Å². The zero-order chi connectivity index (χ0) is 21.5. The number of amides is 1. The molecule has 2 atom stereocenters. The number of halogens is 1. The van der Waals surface area contributed by atoms with Crippen molar-refractivity contribution in [3.05, 3.63) is 76.1 Å². The number of rotatable bonds is 5. The number of fused-ring (bicyclic) bond motifs is 1. The van der Waals surface area contributed by atoms with Crippen molar-refractivity contribution < 1.29 is 14.6 Å². The van der Waals surface area contributed by atoms with Gasteiger partial charge in [-0.1, -0.05) is 23.7 Å². The Balaban J connectivity index is 1.45. The standard InChI is InChI=1S/C24H24ClN3O3/c1-31-23-16(12-15-6-8-17(9-7-15)28-11-3-10-26-28)13-18-19(22(23)25)14-27(24(18)30)20-4-2-5-21(20)29/h3,6-11,13,20-21,29H,2,4-5,12,14H2,1H3. The molecule has 1 aromatic heterocycles. The first kappa shape index (κ1) is 20.1. The number of aliphatic hydroxyl groups excluding tert-OH is 1. The van der Waals surface area contributed by atoms with Gasteiger partial charge < -0.3 is 14.7 Å². The fourth-order valence-corrected chi connectivity index (χ4v) is 5.14. The van der Waals surface area contributed by atoms with E-state index < -0.39 is 6.10 Å². The molecule has 0 bridgehead atoms. The predicted octanol–water partition coefficient (Wildman–Crippen LogP) is 3.99. The van der Waals surface area contributed by atoms with Gasteiger partial charge in [0.1, 0.15) is 5.75 Å². The van der Waals surface area contributed by atoms with E-state index in [1.807, 2.05) is 42.6 Å². The largest absolute Gasteiger partial charge is 0.495 e. The Morgan fingerprint density at radius 3 is 2.71 bits per heavy atom. The van der Waals surface area contributed by atoms with Crippen molar-refractivity contribution in [2.24, 2.45) is 0 Å². The molecule has 1 N–H and O–H groups in total. The Morgan fingerprint density at radius 2 is 2.06 bits per heavy atom. The van der Waals surface area contributed by atoms with Gasteiger partial charge in [-0.05, 0) is 49.1 Å². The van der Waals surface area contributed by atoms with Crippen LogP contribution in [0.3, 0.4) is 0 Å². The molecule has 6 nitrogen and oxygen atoms in total. The van der Waals surface area contributed by atoms with Gasteiger partial charge >= 0.3 is 0 Å². The molecular weight excluding hydrogens is 414 g/mol. The predicted molar refractivity (Wildman–Crippen MR) is 118 cm³/mol. The monoisotopic (exact) mass is 437 g/mol. The quantitative estimate of drug-likeness (QED) is 0.655. The molecule has 1 saturated carbocycles. The first-order valence-corrected chi connectivity index (χ1v) is 10.9. The fourth-order valence-electron chi connectivity index (χ4n) is 4.78. The summed E-state index contributed by atoms with van der Waals surface area (Å²) in [5.41, 5.74) is 4.35. The summed E-state index contributed by atoms with van der Waals surface area (Å²) in [4.78, 5) is 14.9. The molecule has 0 spiro atoms. The number of nitrogens with zero attached hydrogens (tertiary/aromatic N) is 3. The highest BCUT2D eigenvalue weighted by molar-refractivity contribution is 6.33. The minimum absolute atomic E-state index is 0.0548. The van der Waals surface area contributed by atoms with Gasteiger partial charge in [-0.3, -0.25) is 4.79 Å². The van der Waals surface area contributed by atoms with Crippen LogP contribution in [0.15, 0.2) is 48.8 Å². The second-order valence-electron chi connectivity index (χ2n) is 8.20. The van der Waals surface area contributed by atoms with Gasteiger partial charge in [0, 0.05) is 42.0 Å². The van der Waals surface area contributed by atoms with E-state index in [0.717, 1.165) is 41.6 Å². The lowest BCUT2D eigenvalue weighted by Crippen LogP contribution is -2.40. The van der Waals surface area contributed by atoms with Gasteiger partial charge in [-0.2, -0.15) is 5.10 Å². The lowest BCUT2D eigenvalue weighted by molar-refractivity contribution is 0.0479. The highest BCUT2D eigenvalue weighted by Crippen LogP contribution is 2.41. The summed E-state index contributed by atoms with van der Waals surface area (Å²) in [5, 5.41) is 15.0. The summed E-state index contributed by atoms with van der Waals surface area (Å²) in [6, 6.07) is 11.8. The van der Waals surface area contributed by atoms with E-state index in [0.29, 0.717) is 29.3 Å². The van der Waals surface area contributed by atoms with Crippen molar-refractivity contribution in [2.75, 3.05) is 7.11 Å². The molecular formula is C24H24ClN3O3. The van der Waals surface area contributed by atoms with Crippen molar-refractivity contribution in [1.82, 2.24) is 14.7 Å². The minimum atomic E-state index is -0.466. The Kier molecular flexibility index (Phi) is 5.20. The smallest absolute Gasteiger partial charge is 0.254 e. The molecule has 2 aliphatic rings. The number of carbonyl (C=O) groups excluding carboxylic acids is 1. The molecule has 0 radical (unpaired) electrons. The highest BCUT2D eigenvalue weighted by Gasteiger charge is 2.40. The Hall–Kier alpha value is -2.83. The van der Waals surface area contributed by atoms with Gasteiger partial charge in [0.2, 0.25) is 0 Å². The molecule has 5 rings (SSSR count). The van der Waals surface area contributed by atoms with Crippen LogP contribution in [0.25, 0.3) is 5.69 Å². The van der Waals surface area contributed by atoms with Crippen molar-refractivity contribution in [1.29, 1.82) is 0 Å². The van der Waals surface area contributed by atoms with E-state index in [4.69, 9.17) is 16.3 Å². The van der Waals surface area contributed by atoms with Crippen LogP contribution in [0.1, 0.15) is 46.3 Å². The number of aliphatic hydroxyl groups is 1. The SMILES string of the molecule is COc1c(Cc2ccc(-n3cccn3)cc2)cc2c(c1Cl)CN(C1CCCC1O)C2=O. The third kappa shape index (κ3) is 3.50. The van der Waals surface area contributed by atoms with E-state index in [2.05, 4.69) is 5.10 Å². The van der Waals surface area contributed by atoms with E-state index in [-0.39, 0.29) is 11.9 Å². The topological polar surface area (TPSA) is 67.6 Å². The first-order valence-electron chi connectivity index (χ1n) is 10.5. The number of benzene rings is 2. The summed E-state index contributed by atoms with van der Waals surface area (Å²) < 4.78 is 7.45. The zero-order valence-corrected chi connectivity index (χ0v) is 18.0. The van der Waals surface area contributed by atoms with E-state index in [1.165, 1.54) is 0 Å². The average molecular weight is 438 g/mol. The van der Waals surface area contributed by atoms with Gasteiger partial charge in [0.25, 0.3) is 5.91 Å². The lowest BCUT2D eigenvalue weighted by Gasteiger charge is -2.26. The van der Waals surface area contributed by atoms with Crippen molar-refractivity contribution in [3.8, 4) is 11.4 Å². The third-order valence-electron chi connectivity index (χ3n) is 6.37. The van der Waals surface area contributed by atoms with Crippen molar-refractivity contribution >= 4 is 17.5 Å². The molecule has 2 aromatic carbocycles. The van der Waals surface area contributed by atoms with Crippen LogP contribution < -0.4 is 4.74 Å². The number of carbonyl (C=O) groups is 1. The van der Waals surface area contributed by atoms with E-state index >= 15 is 0 Å². The van der Waals surface area contributed by atoms with Crippen LogP contribution >= 0.6 is 11.6 Å². The zero-order valence-electron chi connectivity index (χ0n) is 17.3. The maximum absolute atomic E-state index is 13.2. The van der Waals surface area contributed by atoms with E-state index in [1.54, 1.807) is 22.9 Å². The molecule has 3 aromatic rings. The van der Waals surface area contributed by atoms with Crippen LogP contribution in [0, 0.1) is 0 Å². The molecule has 2 unspecified atom stereocenters. The van der Waals surface area contributed by atoms with Gasteiger partial charge in [0.05, 0.1) is 30.0 Å². The van der Waals surface area contributed by atoms with Gasteiger partial charge in [-0.15, -0.1) is 0 Å². The van der Waals surface area contributed by atoms with Crippen molar-refractivity contribution in [2.45, 2.75) is 44.4 Å². The minimum Gasteiger partial charge on any atom is -0.495 e. The maximum Gasteiger partial charge on any atom is 0.254 e. The second-order valence-corrected chi connectivity index (χ2v) is 8.58. The summed E-state index contributed by atoms with van der Waals surface area (Å²) in [7, 11) is 1.60. The number of ether oxygens (including phenoxy) is 1. The molecule has 1 aliphatic carbocycles. The molecule has 1 fully saturated rings. The molecule has 160 valence electrons. The summed E-state index contributed by atoms with van der Waals surface area (Å²) in [5.74, 6) is 0.555. The molecule has 31 heavy (non-hydrogen) atoms. The number of methoxy groups -OCH3 is 1. The molecule has 0 saturated heterocycles. The Morgan fingerprint density at radius 1 is 1.26 bits per heavy atom. The third-order valence-corrected chi connectivity index (χ3v) is 6.77. The Bertz CT molecular complexity index is 1110. The Labute approximate surface area is 186 Å². The first-order chi connectivity index (χ1) is 15.1. The second kappa shape index (κ2) is 8.02. The molecule has 7 heteroatoms. The highest BCUT2D eigenvalue weighted by atomic mass is 35.5. The molecule has 1 aliphatic heterocycles. The molecule has 2 heterocycles. The fraction of sp³-hybridized carbons (Fsp3) is 0.333. The van der Waals surface area contributed by atoms with Crippen LogP contribution in [-0.2, 0) is 13.0 Å². The van der Waals surface area contributed by atoms with Crippen LogP contribution in [-0.4, -0.2) is 44.9 Å². The lowest BCUT2D eigenvalue weighted by atomic mass is 9.98. The van der Waals surface area contributed by atoms with Gasteiger partial charge in [-0.25, -0.2) is 4.68 Å². The van der Waals surface area contributed by atoms with Crippen LogP contribution in [0.2, 0.25) is 5.02 Å². The summed E-state index contributed by atoms with van der Waals surface area (Å²) >= 11 is 6.71. The number of hydrogen-bond acceptors (Lipinski definition) is 4. The molecule has 1 amide bonds. The van der Waals surface area contributed by atoms with Crippen molar-refractivity contribution in [3.63, 3.8) is 0 Å². The number of aromatic nitrogens is 2. The maximum atomic E-state index is 13.2. The number of hydrogen-bond donors (Lipinski definition) is 1. The van der Waals surface area contributed by atoms with E-state index in [9.17, 15) is 9.90 Å². The van der Waals surface area contributed by atoms with Crippen LogP contribution in [0.4, 0.5) is 0 Å². The van der Waals surface area contributed by atoms with Crippen LogP contribution in [0.5, 0.6) is 5.75 Å². The average Bonchev–Trinajstić information content (AvgIpc) is 3.51. The normalized spacial score (nSPS) is 20.4. The summed E-state index contributed by atoms with van der Waals surface area (Å²) in [6.45, 7) is 0.421.